The largest absolute Gasteiger partial charge is 0.496 e. The first-order valence-corrected chi connectivity index (χ1v) is 10.1. The van der Waals surface area contributed by atoms with Crippen LogP contribution >= 0.6 is 15.9 Å². The molecule has 0 aromatic heterocycles. The monoisotopic (exact) mass is 454 g/mol. The molecule has 0 atom stereocenters. The Balaban J connectivity index is 1.64. The van der Waals surface area contributed by atoms with Gasteiger partial charge in [0.1, 0.15) is 11.5 Å². The molecule has 3 rings (SSSR count). The number of carbonyl (C=O) groups excluding carboxylic acids is 1. The highest BCUT2D eigenvalue weighted by Gasteiger charge is 2.09. The summed E-state index contributed by atoms with van der Waals surface area (Å²) in [5.41, 5.74) is 4.50. The Morgan fingerprint density at radius 1 is 1.14 bits per heavy atom. The number of methoxy groups -OCH3 is 1. The van der Waals surface area contributed by atoms with Crippen molar-refractivity contribution in [2.24, 2.45) is 5.10 Å². The highest BCUT2D eigenvalue weighted by atomic mass is 79.9. The first-order chi connectivity index (χ1) is 14.0. The molecule has 3 aromatic carbocycles. The van der Waals surface area contributed by atoms with Gasteiger partial charge >= 0.3 is 0 Å². The topological polar surface area (TPSA) is 59.9 Å². The number of ether oxygens (including phenoxy) is 2. The second-order valence-corrected chi connectivity index (χ2v) is 7.68. The van der Waals surface area contributed by atoms with E-state index in [1.807, 2.05) is 54.6 Å². The number of rotatable bonds is 7. The van der Waals surface area contributed by atoms with Gasteiger partial charge < -0.3 is 9.47 Å². The lowest BCUT2D eigenvalue weighted by molar-refractivity contribution is -0.123. The van der Waals surface area contributed by atoms with Gasteiger partial charge in [0.2, 0.25) is 0 Å². The van der Waals surface area contributed by atoms with Crippen molar-refractivity contribution in [2.45, 2.75) is 19.8 Å². The maximum absolute atomic E-state index is 12.1. The number of hydrazone groups is 1. The lowest BCUT2D eigenvalue weighted by Crippen LogP contribution is -2.24. The van der Waals surface area contributed by atoms with Crippen LogP contribution in [0.15, 0.2) is 64.2 Å². The van der Waals surface area contributed by atoms with Crippen molar-refractivity contribution < 1.29 is 14.3 Å². The molecule has 0 bridgehead atoms. The van der Waals surface area contributed by atoms with Crippen LogP contribution < -0.4 is 14.9 Å². The average molecular weight is 455 g/mol. The van der Waals surface area contributed by atoms with Gasteiger partial charge in [-0.1, -0.05) is 50.2 Å². The number of amides is 1. The quantitative estimate of drug-likeness (QED) is 0.391. The molecule has 0 radical (unpaired) electrons. The van der Waals surface area contributed by atoms with Gasteiger partial charge in [0.15, 0.2) is 6.61 Å². The van der Waals surface area contributed by atoms with Crippen LogP contribution in [0, 0.1) is 0 Å². The van der Waals surface area contributed by atoms with Crippen LogP contribution in [0.5, 0.6) is 11.5 Å². The lowest BCUT2D eigenvalue weighted by Gasteiger charge is -2.11. The van der Waals surface area contributed by atoms with E-state index >= 15 is 0 Å². The van der Waals surface area contributed by atoms with Gasteiger partial charge in [0.25, 0.3) is 5.91 Å². The molecule has 1 N–H and O–H groups in total. The zero-order valence-electron chi connectivity index (χ0n) is 16.6. The number of hydrogen-bond acceptors (Lipinski definition) is 4. The van der Waals surface area contributed by atoms with Gasteiger partial charge in [-0.3, -0.25) is 4.79 Å². The van der Waals surface area contributed by atoms with E-state index < -0.39 is 0 Å². The van der Waals surface area contributed by atoms with Crippen molar-refractivity contribution in [1.82, 2.24) is 5.43 Å². The second-order valence-electron chi connectivity index (χ2n) is 6.83. The number of fused-ring (bicyclic) bond motifs is 1. The van der Waals surface area contributed by atoms with Gasteiger partial charge in [-0.25, -0.2) is 5.43 Å². The third-order valence-electron chi connectivity index (χ3n) is 4.51. The summed E-state index contributed by atoms with van der Waals surface area (Å²) in [6.45, 7) is 4.11. The molecule has 0 aliphatic heterocycles. The molecule has 0 aliphatic carbocycles. The summed E-state index contributed by atoms with van der Waals surface area (Å²) in [5.74, 6) is 1.38. The van der Waals surface area contributed by atoms with E-state index in [2.05, 4.69) is 40.3 Å². The Hall–Kier alpha value is -2.86. The van der Waals surface area contributed by atoms with Crippen LogP contribution in [0.25, 0.3) is 10.8 Å². The predicted octanol–water partition coefficient (Wildman–Crippen LogP) is 5.26. The van der Waals surface area contributed by atoms with E-state index in [9.17, 15) is 4.79 Å². The SMILES string of the molecule is COc1ccc2ccccc2c1/C=N/NC(=O)COc1ccc(C(C)C)cc1Br. The molecular formula is C23H23BrN2O3. The molecule has 0 fully saturated rings. The summed E-state index contributed by atoms with van der Waals surface area (Å²) in [5, 5.41) is 6.14. The first kappa shape index (κ1) is 20.9. The van der Waals surface area contributed by atoms with E-state index in [1.54, 1.807) is 13.3 Å². The van der Waals surface area contributed by atoms with Gasteiger partial charge in [0.05, 0.1) is 17.8 Å². The molecule has 6 heteroatoms. The predicted molar refractivity (Wildman–Crippen MR) is 120 cm³/mol. The second kappa shape index (κ2) is 9.56. The third-order valence-corrected chi connectivity index (χ3v) is 5.13. The maximum atomic E-state index is 12.1. The fourth-order valence-electron chi connectivity index (χ4n) is 2.92. The summed E-state index contributed by atoms with van der Waals surface area (Å²) >= 11 is 3.49. The standard InChI is InChI=1S/C23H23BrN2O3/c1-15(2)17-9-11-22(20(24)12-17)29-14-23(27)26-25-13-19-18-7-5-4-6-16(18)8-10-21(19)28-3/h4-13,15H,14H2,1-3H3,(H,26,27)/b25-13+. The third kappa shape index (κ3) is 5.15. The fraction of sp³-hybridized carbons (Fsp3) is 0.217. The zero-order valence-corrected chi connectivity index (χ0v) is 18.2. The minimum Gasteiger partial charge on any atom is -0.496 e. The van der Waals surface area contributed by atoms with Gasteiger partial charge in [-0.05, 0) is 56.4 Å². The van der Waals surface area contributed by atoms with Gasteiger partial charge in [0, 0.05) is 5.56 Å². The van der Waals surface area contributed by atoms with Crippen LogP contribution in [0.2, 0.25) is 0 Å². The summed E-state index contributed by atoms with van der Waals surface area (Å²) in [6.07, 6.45) is 1.59. The van der Waals surface area contributed by atoms with Crippen LogP contribution in [0.3, 0.4) is 0 Å². The van der Waals surface area contributed by atoms with Crippen LogP contribution in [-0.2, 0) is 4.79 Å². The van der Waals surface area contributed by atoms with Crippen molar-refractivity contribution >= 4 is 38.8 Å². The minimum atomic E-state index is -0.347. The molecule has 0 spiro atoms. The summed E-state index contributed by atoms with van der Waals surface area (Å²) < 4.78 is 11.8. The van der Waals surface area contributed by atoms with Crippen molar-refractivity contribution in [3.8, 4) is 11.5 Å². The Morgan fingerprint density at radius 2 is 1.90 bits per heavy atom. The van der Waals surface area contributed by atoms with Crippen molar-refractivity contribution in [1.29, 1.82) is 0 Å². The molecule has 0 heterocycles. The van der Waals surface area contributed by atoms with Crippen molar-refractivity contribution in [3.05, 3.63) is 70.2 Å². The lowest BCUT2D eigenvalue weighted by atomic mass is 10.0. The summed E-state index contributed by atoms with van der Waals surface area (Å²) in [4.78, 5) is 12.1. The fourth-order valence-corrected chi connectivity index (χ4v) is 3.44. The van der Waals surface area contributed by atoms with Gasteiger partial charge in [-0.2, -0.15) is 5.10 Å². The number of benzene rings is 3. The molecule has 3 aromatic rings. The summed E-state index contributed by atoms with van der Waals surface area (Å²) in [6, 6.07) is 17.7. The Morgan fingerprint density at radius 3 is 2.62 bits per heavy atom. The number of carbonyl (C=O) groups is 1. The molecule has 0 unspecified atom stereocenters. The Kier molecular flexibility index (Phi) is 6.88. The smallest absolute Gasteiger partial charge is 0.277 e. The highest BCUT2D eigenvalue weighted by molar-refractivity contribution is 9.10. The zero-order chi connectivity index (χ0) is 20.8. The molecular weight excluding hydrogens is 432 g/mol. The number of halogens is 1. The molecule has 150 valence electrons. The Labute approximate surface area is 178 Å². The molecule has 29 heavy (non-hydrogen) atoms. The molecule has 5 nitrogen and oxygen atoms in total. The normalized spacial score (nSPS) is 11.2. The minimum absolute atomic E-state index is 0.135. The molecule has 0 saturated carbocycles. The van der Waals surface area contributed by atoms with Crippen LogP contribution in [-0.4, -0.2) is 25.8 Å². The number of nitrogens with zero attached hydrogens (tertiary/aromatic N) is 1. The highest BCUT2D eigenvalue weighted by Crippen LogP contribution is 2.29. The van der Waals surface area contributed by atoms with Crippen LogP contribution in [0.1, 0.15) is 30.9 Å². The van der Waals surface area contributed by atoms with Crippen LogP contribution in [0.4, 0.5) is 0 Å². The van der Waals surface area contributed by atoms with E-state index in [-0.39, 0.29) is 12.5 Å². The average Bonchev–Trinajstić information content (AvgIpc) is 2.72. The molecule has 0 saturated heterocycles. The van der Waals surface area contributed by atoms with Crippen molar-refractivity contribution in [2.75, 3.05) is 13.7 Å². The number of nitrogens with one attached hydrogen (secondary N) is 1. The van der Waals surface area contributed by atoms with E-state index in [0.717, 1.165) is 20.8 Å². The van der Waals surface area contributed by atoms with E-state index in [0.29, 0.717) is 17.4 Å². The molecule has 1 amide bonds. The number of hydrogen-bond donors (Lipinski definition) is 1. The van der Waals surface area contributed by atoms with E-state index in [1.165, 1.54) is 5.56 Å². The molecule has 0 aliphatic rings. The summed E-state index contributed by atoms with van der Waals surface area (Å²) in [7, 11) is 1.61. The Bertz CT molecular complexity index is 1050. The van der Waals surface area contributed by atoms with Gasteiger partial charge in [-0.15, -0.1) is 0 Å². The maximum Gasteiger partial charge on any atom is 0.277 e. The van der Waals surface area contributed by atoms with Crippen molar-refractivity contribution in [3.63, 3.8) is 0 Å². The van der Waals surface area contributed by atoms with E-state index in [4.69, 9.17) is 9.47 Å². The first-order valence-electron chi connectivity index (χ1n) is 9.29.